The molecule has 13 heteroatoms. The number of aliphatic hydroxyl groups excluding tert-OH is 1. The minimum absolute atomic E-state index is 0.0281. The van der Waals surface area contributed by atoms with Crippen LogP contribution in [0.4, 0.5) is 13.2 Å². The Balaban J connectivity index is 1.94. The molecule has 1 aliphatic rings. The van der Waals surface area contributed by atoms with E-state index in [1.54, 1.807) is 33.8 Å². The second-order valence-corrected chi connectivity index (χ2v) is 13.2. The molecular formula is C27H34ClF3N2O6S. The van der Waals surface area contributed by atoms with Crippen LogP contribution >= 0.6 is 11.6 Å². The number of aliphatic hydroxyl groups is 2. The van der Waals surface area contributed by atoms with E-state index >= 15 is 0 Å². The smallest absolute Gasteiger partial charge is 0.422 e. The molecule has 1 aromatic carbocycles. The Kier molecular flexibility index (Phi) is 9.62. The summed E-state index contributed by atoms with van der Waals surface area (Å²) in [5, 5.41) is 19.7. The summed E-state index contributed by atoms with van der Waals surface area (Å²) in [6.45, 7) is 6.71. The second kappa shape index (κ2) is 11.9. The first-order chi connectivity index (χ1) is 18.5. The molecule has 3 N–H and O–H groups in total. The monoisotopic (exact) mass is 606 g/mol. The zero-order chi connectivity index (χ0) is 30.1. The lowest BCUT2D eigenvalue weighted by molar-refractivity contribution is -0.270. The molecular weight excluding hydrogens is 573 g/mol. The van der Waals surface area contributed by atoms with Crippen LogP contribution in [-0.2, 0) is 28.5 Å². The van der Waals surface area contributed by atoms with Gasteiger partial charge in [-0.25, -0.2) is 13.9 Å². The number of carbonyl (C=O) groups is 1. The van der Waals surface area contributed by atoms with Gasteiger partial charge in [-0.3, -0.25) is 4.79 Å². The Labute approximate surface area is 238 Å². The number of nitrogens with one attached hydrogen (secondary N) is 1. The average Bonchev–Trinajstić information content (AvgIpc) is 3.20. The van der Waals surface area contributed by atoms with Crippen LogP contribution in [0.5, 0.6) is 11.5 Å². The summed E-state index contributed by atoms with van der Waals surface area (Å²) in [5.41, 5.74) is -4.48. The molecule has 2 aromatic rings. The molecule has 0 radical (unpaired) electrons. The molecule has 0 aliphatic carbocycles. The molecule has 2 heterocycles. The number of nitrogens with zero attached hydrogens (tertiary/aromatic N) is 1. The molecule has 0 fully saturated rings. The molecule has 0 saturated carbocycles. The molecule has 3 atom stereocenters. The molecule has 40 heavy (non-hydrogen) atoms. The van der Waals surface area contributed by atoms with E-state index in [1.807, 2.05) is 0 Å². The van der Waals surface area contributed by atoms with Crippen LogP contribution in [0.15, 0.2) is 24.3 Å². The molecule has 222 valence electrons. The van der Waals surface area contributed by atoms with Gasteiger partial charge in [0.1, 0.15) is 12.4 Å². The van der Waals surface area contributed by atoms with E-state index in [0.717, 1.165) is 11.6 Å². The van der Waals surface area contributed by atoms with Gasteiger partial charge in [-0.05, 0) is 64.7 Å². The lowest BCUT2D eigenvalue weighted by atomic mass is 9.87. The fraction of sp³-hybridized carbons (Fsp3) is 0.556. The first-order valence-corrected chi connectivity index (χ1v) is 14.1. The maximum absolute atomic E-state index is 14.4. The van der Waals surface area contributed by atoms with Gasteiger partial charge in [0.25, 0.3) is 0 Å². The predicted octanol–water partition coefficient (Wildman–Crippen LogP) is 4.74. The largest absolute Gasteiger partial charge is 0.496 e. The highest BCUT2D eigenvalue weighted by Crippen LogP contribution is 2.47. The van der Waals surface area contributed by atoms with Crippen LogP contribution in [-0.4, -0.2) is 56.4 Å². The molecule has 0 saturated heterocycles. The van der Waals surface area contributed by atoms with Crippen LogP contribution in [0.3, 0.4) is 0 Å². The van der Waals surface area contributed by atoms with Crippen molar-refractivity contribution in [2.75, 3.05) is 20.3 Å². The fourth-order valence-corrected chi connectivity index (χ4v) is 5.38. The maximum Gasteiger partial charge on any atom is 0.422 e. The maximum atomic E-state index is 14.4. The Morgan fingerprint density at radius 3 is 2.52 bits per heavy atom. The van der Waals surface area contributed by atoms with E-state index in [9.17, 15) is 27.3 Å². The van der Waals surface area contributed by atoms with Crippen molar-refractivity contribution in [1.82, 2.24) is 9.71 Å². The summed E-state index contributed by atoms with van der Waals surface area (Å²) in [6.07, 6.45) is -5.92. The van der Waals surface area contributed by atoms with Crippen molar-refractivity contribution in [3.05, 3.63) is 51.8 Å². The van der Waals surface area contributed by atoms with Crippen molar-refractivity contribution in [3.8, 4) is 11.5 Å². The van der Waals surface area contributed by atoms with Crippen LogP contribution in [0.1, 0.15) is 74.1 Å². The van der Waals surface area contributed by atoms with Crippen molar-refractivity contribution < 1.29 is 41.9 Å². The van der Waals surface area contributed by atoms with E-state index in [4.69, 9.17) is 26.2 Å². The number of aromatic nitrogens is 1. The number of rotatable bonds is 11. The summed E-state index contributed by atoms with van der Waals surface area (Å²) in [7, 11) is -0.205. The van der Waals surface area contributed by atoms with Gasteiger partial charge in [-0.2, -0.15) is 13.2 Å². The number of carbonyl (C=O) groups excluding carboxylic acids is 1. The van der Waals surface area contributed by atoms with Gasteiger partial charge < -0.3 is 19.7 Å². The van der Waals surface area contributed by atoms with Gasteiger partial charge in [-0.1, -0.05) is 23.7 Å². The van der Waals surface area contributed by atoms with E-state index in [0.29, 0.717) is 18.6 Å². The Morgan fingerprint density at radius 2 is 1.95 bits per heavy atom. The molecule has 3 unspecified atom stereocenters. The summed E-state index contributed by atoms with van der Waals surface area (Å²) in [5.74, 6) is -0.241. The van der Waals surface area contributed by atoms with Crippen molar-refractivity contribution in [1.29, 1.82) is 0 Å². The molecule has 0 bridgehead atoms. The third-order valence-corrected chi connectivity index (χ3v) is 8.73. The number of benzene rings is 1. The van der Waals surface area contributed by atoms with Crippen LogP contribution < -0.4 is 14.2 Å². The van der Waals surface area contributed by atoms with E-state index in [2.05, 4.69) is 9.71 Å². The van der Waals surface area contributed by atoms with Gasteiger partial charge in [0.2, 0.25) is 5.60 Å². The average molecular weight is 607 g/mol. The summed E-state index contributed by atoms with van der Waals surface area (Å²) in [6, 6.07) is 5.56. The normalized spacial score (nSPS) is 19.5. The highest BCUT2D eigenvalue weighted by molar-refractivity contribution is 7.84. The number of hydrogen-bond acceptors (Lipinski definition) is 7. The molecule has 0 spiro atoms. The summed E-state index contributed by atoms with van der Waals surface area (Å²) in [4.78, 5) is 16.7. The number of methoxy groups -OCH3 is 1. The second-order valence-electron chi connectivity index (χ2n) is 10.9. The highest BCUT2D eigenvalue weighted by Gasteiger charge is 2.57. The number of pyridine rings is 1. The molecule has 0 amide bonds. The standard InChI is InChI=1S/C27H34ClF3N2O6S/c1-24(2,3)40(37)33-25(4)15-39-22-18(25)14-21(32-23(22)28)26(36,27(29,30)31)11-10-19(35)17-9-8-16(7-6-12-34)20(13-17)38-5/h8-9,13-14,33-34,36H,6-7,10-12,15H2,1-5H3. The highest BCUT2D eigenvalue weighted by atomic mass is 35.5. The van der Waals surface area contributed by atoms with Gasteiger partial charge in [0, 0.05) is 24.2 Å². The number of Topliss-reactive ketones (excluding diaryl/α,β-unsaturated/α-hetero) is 1. The Morgan fingerprint density at radius 1 is 1.27 bits per heavy atom. The predicted molar refractivity (Wildman–Crippen MR) is 145 cm³/mol. The van der Waals surface area contributed by atoms with Crippen molar-refractivity contribution in [3.63, 3.8) is 0 Å². The summed E-state index contributed by atoms with van der Waals surface area (Å²) < 4.78 is 69.1. The van der Waals surface area contributed by atoms with Gasteiger partial charge in [-0.15, -0.1) is 0 Å². The zero-order valence-corrected chi connectivity index (χ0v) is 24.5. The third kappa shape index (κ3) is 6.62. The van der Waals surface area contributed by atoms with Gasteiger partial charge in [0.05, 0.1) is 34.1 Å². The first-order valence-electron chi connectivity index (χ1n) is 12.6. The zero-order valence-electron chi connectivity index (χ0n) is 22.9. The SMILES string of the molecule is COc1cc(C(=O)CCC(O)(c2cc3c(c(Cl)n2)OCC3(C)NS(=O)C(C)(C)C)C(F)(F)F)ccc1CCCO. The Hall–Kier alpha value is -2.25. The Bertz CT molecular complexity index is 1290. The van der Waals surface area contributed by atoms with Crippen molar-refractivity contribution in [2.24, 2.45) is 0 Å². The molecule has 8 nitrogen and oxygen atoms in total. The number of aryl methyl sites for hydroxylation is 1. The lowest BCUT2D eigenvalue weighted by Gasteiger charge is -2.32. The number of hydrogen-bond donors (Lipinski definition) is 3. The lowest BCUT2D eigenvalue weighted by Crippen LogP contribution is -2.47. The minimum atomic E-state index is -5.21. The molecule has 1 aliphatic heterocycles. The summed E-state index contributed by atoms with van der Waals surface area (Å²) >= 11 is 6.21. The number of halogens is 4. The molecule has 1 aromatic heterocycles. The van der Waals surface area contributed by atoms with Crippen LogP contribution in [0.2, 0.25) is 5.15 Å². The number of ketones is 1. The van der Waals surface area contributed by atoms with Crippen molar-refractivity contribution in [2.45, 2.75) is 75.4 Å². The van der Waals surface area contributed by atoms with Crippen LogP contribution in [0.25, 0.3) is 0 Å². The van der Waals surface area contributed by atoms with E-state index < -0.39 is 62.5 Å². The third-order valence-electron chi connectivity index (χ3n) is 6.73. The fourth-order valence-electron chi connectivity index (χ4n) is 4.25. The van der Waals surface area contributed by atoms with E-state index in [-0.39, 0.29) is 30.1 Å². The van der Waals surface area contributed by atoms with Crippen molar-refractivity contribution >= 4 is 28.4 Å². The van der Waals surface area contributed by atoms with Gasteiger partial charge in [0.15, 0.2) is 16.7 Å². The van der Waals surface area contributed by atoms with Crippen LogP contribution in [0, 0.1) is 0 Å². The first kappa shape index (κ1) is 32.3. The number of alkyl halides is 3. The molecule has 3 rings (SSSR count). The van der Waals surface area contributed by atoms with E-state index in [1.165, 1.54) is 19.2 Å². The number of ether oxygens (including phenoxy) is 2. The van der Waals surface area contributed by atoms with Gasteiger partial charge >= 0.3 is 6.18 Å². The number of fused-ring (bicyclic) bond motifs is 1. The topological polar surface area (TPSA) is 118 Å². The quantitative estimate of drug-likeness (QED) is 0.250. The minimum Gasteiger partial charge on any atom is -0.496 e.